The van der Waals surface area contributed by atoms with Gasteiger partial charge in [0, 0.05) is 57.4 Å². The Balaban J connectivity index is 1.27. The van der Waals surface area contributed by atoms with Crippen molar-refractivity contribution >= 4 is 17.5 Å². The summed E-state index contributed by atoms with van der Waals surface area (Å²) in [5, 5.41) is 0. The number of fused-ring (bicyclic) bond motifs is 1. The zero-order valence-corrected chi connectivity index (χ0v) is 24.6. The van der Waals surface area contributed by atoms with Gasteiger partial charge in [-0.15, -0.1) is 0 Å². The summed E-state index contributed by atoms with van der Waals surface area (Å²) in [6.45, 7) is 7.12. The summed E-state index contributed by atoms with van der Waals surface area (Å²) in [6.07, 6.45) is 11.2. The summed E-state index contributed by atoms with van der Waals surface area (Å²) in [4.78, 5) is 33.2. The SMILES string of the molecule is Cc1c(C(=O)N2CCC3(CCCCc4ccccc4OCCCC(=O)N(C)C3)CC2)cccc1N1CCCCC1. The first kappa shape index (κ1) is 28.5. The lowest BCUT2D eigenvalue weighted by molar-refractivity contribution is -0.132. The monoisotopic (exact) mass is 545 g/mol. The molecule has 2 aromatic carbocycles. The first-order chi connectivity index (χ1) is 19.5. The van der Waals surface area contributed by atoms with Gasteiger partial charge in [-0.3, -0.25) is 9.59 Å². The first-order valence-electron chi connectivity index (χ1n) is 15.5. The maximum Gasteiger partial charge on any atom is 0.254 e. The van der Waals surface area contributed by atoms with Crippen LogP contribution in [0.3, 0.4) is 0 Å². The molecule has 0 unspecified atom stereocenters. The number of hydrogen-bond donors (Lipinski definition) is 0. The molecular formula is C34H47N3O3. The second kappa shape index (κ2) is 13.1. The fourth-order valence-electron chi connectivity index (χ4n) is 7.03. The van der Waals surface area contributed by atoms with Crippen molar-refractivity contribution in [3.63, 3.8) is 0 Å². The molecule has 6 nitrogen and oxygen atoms in total. The van der Waals surface area contributed by atoms with Crippen molar-refractivity contribution < 1.29 is 14.3 Å². The van der Waals surface area contributed by atoms with E-state index in [2.05, 4.69) is 41.0 Å². The summed E-state index contributed by atoms with van der Waals surface area (Å²) in [7, 11) is 1.96. The van der Waals surface area contributed by atoms with E-state index in [1.165, 1.54) is 30.5 Å². The van der Waals surface area contributed by atoms with Gasteiger partial charge in [0.15, 0.2) is 0 Å². The maximum atomic E-state index is 13.8. The lowest BCUT2D eigenvalue weighted by atomic mass is 9.73. The number of ether oxygens (including phenoxy) is 1. The lowest BCUT2D eigenvalue weighted by Crippen LogP contribution is -2.48. The molecule has 2 saturated heterocycles. The number of aryl methyl sites for hydroxylation is 1. The van der Waals surface area contributed by atoms with E-state index in [0.717, 1.165) is 94.5 Å². The van der Waals surface area contributed by atoms with Crippen LogP contribution >= 0.6 is 0 Å². The van der Waals surface area contributed by atoms with Crippen molar-refractivity contribution in [2.45, 2.75) is 77.6 Å². The van der Waals surface area contributed by atoms with Crippen LogP contribution in [0, 0.1) is 12.3 Å². The van der Waals surface area contributed by atoms with E-state index in [9.17, 15) is 9.59 Å². The van der Waals surface area contributed by atoms with Crippen molar-refractivity contribution in [3.05, 3.63) is 59.2 Å². The highest BCUT2D eigenvalue weighted by atomic mass is 16.5. The quantitative estimate of drug-likeness (QED) is 0.448. The zero-order chi connectivity index (χ0) is 28.0. The number of amides is 2. The Bertz CT molecular complexity index is 1160. The molecule has 1 spiro atoms. The van der Waals surface area contributed by atoms with E-state index in [-0.39, 0.29) is 17.2 Å². The molecule has 2 amide bonds. The molecule has 6 heteroatoms. The smallest absolute Gasteiger partial charge is 0.254 e. The molecule has 0 saturated carbocycles. The summed E-state index contributed by atoms with van der Waals surface area (Å²) >= 11 is 0. The van der Waals surface area contributed by atoms with Gasteiger partial charge in [0.2, 0.25) is 5.91 Å². The summed E-state index contributed by atoms with van der Waals surface area (Å²) in [5.41, 5.74) is 4.50. The number of nitrogens with zero attached hydrogens (tertiary/aromatic N) is 3. The molecule has 40 heavy (non-hydrogen) atoms. The highest BCUT2D eigenvalue weighted by Gasteiger charge is 2.38. The van der Waals surface area contributed by atoms with Crippen LogP contribution in [0.15, 0.2) is 42.5 Å². The van der Waals surface area contributed by atoms with Crippen LogP contribution in [-0.2, 0) is 11.2 Å². The van der Waals surface area contributed by atoms with Crippen LogP contribution in [-0.4, -0.2) is 68.0 Å². The number of para-hydroxylation sites is 1. The van der Waals surface area contributed by atoms with Gasteiger partial charge in [-0.05, 0) is 99.5 Å². The Morgan fingerprint density at radius 3 is 2.40 bits per heavy atom. The number of hydrogen-bond acceptors (Lipinski definition) is 4. The van der Waals surface area contributed by atoms with Gasteiger partial charge in [-0.1, -0.05) is 30.7 Å². The fraction of sp³-hybridized carbons (Fsp3) is 0.588. The molecular weight excluding hydrogens is 498 g/mol. The number of carbonyl (C=O) groups excluding carboxylic acids is 2. The van der Waals surface area contributed by atoms with Gasteiger partial charge in [0.1, 0.15) is 5.75 Å². The molecule has 0 atom stereocenters. The number of benzene rings is 2. The van der Waals surface area contributed by atoms with E-state index >= 15 is 0 Å². The van der Waals surface area contributed by atoms with Gasteiger partial charge in [0.25, 0.3) is 5.91 Å². The molecule has 0 radical (unpaired) electrons. The minimum Gasteiger partial charge on any atom is -0.493 e. The third-order valence-electron chi connectivity index (χ3n) is 9.51. The summed E-state index contributed by atoms with van der Waals surface area (Å²) in [5.74, 6) is 1.31. The fourth-order valence-corrected chi connectivity index (χ4v) is 7.03. The minimum absolute atomic E-state index is 0.0615. The van der Waals surface area contributed by atoms with Crippen molar-refractivity contribution in [3.8, 4) is 5.75 Å². The number of anilines is 1. The predicted molar refractivity (Wildman–Crippen MR) is 161 cm³/mol. The summed E-state index contributed by atoms with van der Waals surface area (Å²) in [6, 6.07) is 14.6. The van der Waals surface area contributed by atoms with Gasteiger partial charge < -0.3 is 19.4 Å². The molecule has 0 N–H and O–H groups in total. The second-order valence-corrected chi connectivity index (χ2v) is 12.3. The maximum absolute atomic E-state index is 13.8. The Kier molecular flexibility index (Phi) is 9.33. The first-order valence-corrected chi connectivity index (χ1v) is 15.5. The van der Waals surface area contributed by atoms with Crippen LogP contribution in [0.1, 0.15) is 85.7 Å². The normalized spacial score (nSPS) is 20.9. The summed E-state index contributed by atoms with van der Waals surface area (Å²) < 4.78 is 6.04. The molecule has 3 aliphatic rings. The Hall–Kier alpha value is -3.02. The van der Waals surface area contributed by atoms with Gasteiger partial charge >= 0.3 is 0 Å². The van der Waals surface area contributed by atoms with Crippen molar-refractivity contribution in [1.82, 2.24) is 9.80 Å². The Morgan fingerprint density at radius 1 is 0.825 bits per heavy atom. The molecule has 5 rings (SSSR count). The van der Waals surface area contributed by atoms with Crippen molar-refractivity contribution in [1.29, 1.82) is 0 Å². The topological polar surface area (TPSA) is 53.1 Å². The molecule has 3 aliphatic heterocycles. The Morgan fingerprint density at radius 2 is 1.60 bits per heavy atom. The standard InChI is InChI=1S/C34H47N3O3/c1-27-29(14-10-15-30(27)36-21-8-3-9-22-36)33(39)37-23-19-34(20-24-37)18-7-6-13-28-12-4-5-16-31(28)40-25-11-17-32(38)35(2)26-34/h4-5,10,12,14-16H,3,6-9,11,13,17-26H2,1-2H3. The van der Waals surface area contributed by atoms with E-state index in [1.54, 1.807) is 0 Å². The molecule has 2 aromatic rings. The van der Waals surface area contributed by atoms with Gasteiger partial charge in [-0.2, -0.15) is 0 Å². The number of rotatable bonds is 2. The number of carbonyl (C=O) groups is 2. The third-order valence-corrected chi connectivity index (χ3v) is 9.51. The molecule has 3 heterocycles. The van der Waals surface area contributed by atoms with Crippen LogP contribution in [0.2, 0.25) is 0 Å². The molecule has 2 fully saturated rings. The molecule has 216 valence electrons. The highest BCUT2D eigenvalue weighted by Crippen LogP contribution is 2.39. The van der Waals surface area contributed by atoms with Gasteiger partial charge in [-0.25, -0.2) is 0 Å². The van der Waals surface area contributed by atoms with Crippen LogP contribution in [0.5, 0.6) is 5.75 Å². The van der Waals surface area contributed by atoms with E-state index < -0.39 is 0 Å². The highest BCUT2D eigenvalue weighted by molar-refractivity contribution is 5.97. The lowest BCUT2D eigenvalue weighted by Gasteiger charge is -2.44. The largest absolute Gasteiger partial charge is 0.493 e. The van der Waals surface area contributed by atoms with E-state index in [4.69, 9.17) is 4.74 Å². The average molecular weight is 546 g/mol. The van der Waals surface area contributed by atoms with Crippen molar-refractivity contribution in [2.75, 3.05) is 51.3 Å². The Labute approximate surface area is 240 Å². The number of piperidine rings is 2. The molecule has 0 aliphatic carbocycles. The van der Waals surface area contributed by atoms with E-state index in [0.29, 0.717) is 13.0 Å². The zero-order valence-electron chi connectivity index (χ0n) is 24.6. The van der Waals surface area contributed by atoms with Crippen molar-refractivity contribution in [2.24, 2.45) is 5.41 Å². The number of likely N-dealkylation sites (tertiary alicyclic amines) is 1. The predicted octanol–water partition coefficient (Wildman–Crippen LogP) is 6.25. The molecule has 0 bridgehead atoms. The van der Waals surface area contributed by atoms with Crippen LogP contribution < -0.4 is 9.64 Å². The van der Waals surface area contributed by atoms with E-state index in [1.807, 2.05) is 30.1 Å². The second-order valence-electron chi connectivity index (χ2n) is 12.3. The average Bonchev–Trinajstić information content (AvgIpc) is 2.98. The third kappa shape index (κ3) is 6.64. The van der Waals surface area contributed by atoms with Gasteiger partial charge in [0.05, 0.1) is 6.61 Å². The van der Waals surface area contributed by atoms with Crippen LogP contribution in [0.4, 0.5) is 5.69 Å². The minimum atomic E-state index is 0.0615. The molecule has 0 aromatic heterocycles. The van der Waals surface area contributed by atoms with Crippen LogP contribution in [0.25, 0.3) is 0 Å².